The lowest BCUT2D eigenvalue weighted by atomic mass is 9.91. The highest BCUT2D eigenvalue weighted by molar-refractivity contribution is 7.23. The number of amides is 1. The number of carboxylic acids is 1. The molecule has 0 radical (unpaired) electrons. The molecule has 1 amide bonds. The van der Waals surface area contributed by atoms with Gasteiger partial charge in [0.05, 0.1) is 34.1 Å². The number of benzene rings is 3. The number of carbonyl (C=O) groups excluding carboxylic acids is 1. The van der Waals surface area contributed by atoms with Gasteiger partial charge in [0.25, 0.3) is 5.91 Å². The molecule has 0 spiro atoms. The van der Waals surface area contributed by atoms with Crippen molar-refractivity contribution in [3.63, 3.8) is 0 Å². The molecular weight excluding hydrogens is 586 g/mol. The maximum atomic E-state index is 13.9. The van der Waals surface area contributed by atoms with Crippen molar-refractivity contribution in [2.24, 2.45) is 12.0 Å². The average Bonchev–Trinajstić information content (AvgIpc) is 3.54. The van der Waals surface area contributed by atoms with Gasteiger partial charge in [-0.25, -0.2) is 9.78 Å². The van der Waals surface area contributed by atoms with Gasteiger partial charge in [-0.2, -0.15) is 5.10 Å². The van der Waals surface area contributed by atoms with Crippen LogP contribution in [0.25, 0.3) is 32.2 Å². The van der Waals surface area contributed by atoms with Crippen LogP contribution in [0, 0.1) is 6.92 Å². The van der Waals surface area contributed by atoms with E-state index >= 15 is 0 Å². The highest BCUT2D eigenvalue weighted by atomic mass is 35.5. The van der Waals surface area contributed by atoms with Crippen molar-refractivity contribution in [1.29, 1.82) is 0 Å². The fourth-order valence-corrected chi connectivity index (χ4v) is 6.69. The van der Waals surface area contributed by atoms with Crippen molar-refractivity contribution in [2.75, 3.05) is 18.0 Å². The molecule has 2 aromatic heterocycles. The highest BCUT2D eigenvalue weighted by Gasteiger charge is 2.34. The van der Waals surface area contributed by atoms with Crippen LogP contribution >= 0.6 is 22.9 Å². The Morgan fingerprint density at radius 1 is 1.12 bits per heavy atom. The van der Waals surface area contributed by atoms with Crippen molar-refractivity contribution in [1.82, 2.24) is 14.8 Å². The summed E-state index contributed by atoms with van der Waals surface area (Å²) in [5.74, 6) is -1.33. The number of anilines is 1. The Hall–Kier alpha value is -4.12. The summed E-state index contributed by atoms with van der Waals surface area (Å²) in [4.78, 5) is 37.6. The van der Waals surface area contributed by atoms with Crippen LogP contribution in [0.3, 0.4) is 0 Å². The Morgan fingerprint density at radius 2 is 1.84 bits per heavy atom. The van der Waals surface area contributed by atoms with Crippen molar-refractivity contribution in [3.05, 3.63) is 76.4 Å². The number of carbonyl (C=O) groups is 2. The van der Waals surface area contributed by atoms with E-state index < -0.39 is 17.7 Å². The third kappa shape index (κ3) is 5.42. The summed E-state index contributed by atoms with van der Waals surface area (Å²) < 4.78 is 8.65. The van der Waals surface area contributed by atoms with E-state index in [1.165, 1.54) is 11.3 Å². The Kier molecular flexibility index (Phi) is 7.32. The summed E-state index contributed by atoms with van der Waals surface area (Å²) in [5.41, 5.74) is 4.76. The van der Waals surface area contributed by atoms with Gasteiger partial charge in [0.1, 0.15) is 5.71 Å². The van der Waals surface area contributed by atoms with Crippen LogP contribution < -0.4 is 4.90 Å². The van der Waals surface area contributed by atoms with Gasteiger partial charge in [-0.05, 0) is 69.2 Å². The van der Waals surface area contributed by atoms with Gasteiger partial charge in [-0.15, -0.1) is 0 Å². The zero-order valence-electron chi connectivity index (χ0n) is 24.4. The van der Waals surface area contributed by atoms with E-state index in [0.717, 1.165) is 32.3 Å². The number of thiazole rings is 1. The number of aryl methyl sites for hydroxylation is 2. The first-order valence-electron chi connectivity index (χ1n) is 13.8. The molecule has 220 valence electrons. The first-order valence-corrected chi connectivity index (χ1v) is 15.0. The molecule has 11 heteroatoms. The number of aliphatic carboxylic acids is 1. The van der Waals surface area contributed by atoms with Crippen LogP contribution in [-0.2, 0) is 21.4 Å². The number of nitrogens with zero attached hydrogens (tertiary/aromatic N) is 5. The predicted octanol–water partition coefficient (Wildman–Crippen LogP) is 6.59. The van der Waals surface area contributed by atoms with Crippen LogP contribution in [0.15, 0.2) is 59.7 Å². The highest BCUT2D eigenvalue weighted by Crippen LogP contribution is 2.44. The Morgan fingerprint density at radius 3 is 2.53 bits per heavy atom. The summed E-state index contributed by atoms with van der Waals surface area (Å²) in [6.45, 7) is 8.16. The maximum absolute atomic E-state index is 13.9. The van der Waals surface area contributed by atoms with Crippen LogP contribution in [0.1, 0.15) is 43.6 Å². The Bertz CT molecular complexity index is 1940. The van der Waals surface area contributed by atoms with Gasteiger partial charge in [0.2, 0.25) is 0 Å². The largest absolute Gasteiger partial charge is 0.479 e. The summed E-state index contributed by atoms with van der Waals surface area (Å²) in [6.07, 6.45) is 0.544. The van der Waals surface area contributed by atoms with Crippen molar-refractivity contribution in [2.45, 2.75) is 39.4 Å². The van der Waals surface area contributed by atoms with Crippen LogP contribution in [-0.4, -0.2) is 56.1 Å². The quantitative estimate of drug-likeness (QED) is 0.231. The van der Waals surface area contributed by atoms with Crippen LogP contribution in [0.2, 0.25) is 5.02 Å². The summed E-state index contributed by atoms with van der Waals surface area (Å²) in [5, 5.41) is 16.6. The Balaban J connectivity index is 1.48. The molecule has 5 aromatic rings. The summed E-state index contributed by atoms with van der Waals surface area (Å²) in [7, 11) is 1.87. The third-order valence-electron chi connectivity index (χ3n) is 7.30. The number of rotatable bonds is 6. The third-order valence-corrected chi connectivity index (χ3v) is 8.66. The molecule has 0 unspecified atom stereocenters. The molecule has 0 aliphatic carbocycles. The summed E-state index contributed by atoms with van der Waals surface area (Å²) >= 11 is 7.57. The Labute approximate surface area is 257 Å². The average molecular weight is 616 g/mol. The predicted molar refractivity (Wildman–Crippen MR) is 170 cm³/mol. The SMILES string of the molecule is Cc1cc2nc(N3CCN=C(c4ccc5c(cnn5C)c4)C3=O)sc2c(-c2ccc(Cl)cc2)c1[C@H](OC(C)(C)C)C(=O)O. The lowest BCUT2D eigenvalue weighted by Gasteiger charge is -2.28. The number of ether oxygens (including phenoxy) is 1. The molecule has 43 heavy (non-hydrogen) atoms. The second-order valence-corrected chi connectivity index (χ2v) is 12.9. The molecule has 1 N–H and O–H groups in total. The van der Waals surface area contributed by atoms with Crippen LogP contribution in [0.5, 0.6) is 0 Å². The van der Waals surface area contributed by atoms with Crippen LogP contribution in [0.4, 0.5) is 5.13 Å². The molecule has 6 rings (SSSR count). The van der Waals surface area contributed by atoms with Gasteiger partial charge in [-0.3, -0.25) is 19.4 Å². The second-order valence-electron chi connectivity index (χ2n) is 11.5. The topological polar surface area (TPSA) is 110 Å². The molecule has 1 aliphatic rings. The monoisotopic (exact) mass is 615 g/mol. The molecule has 0 saturated carbocycles. The molecule has 1 atom stereocenters. The van der Waals surface area contributed by atoms with Gasteiger partial charge < -0.3 is 9.84 Å². The van der Waals surface area contributed by atoms with E-state index in [1.54, 1.807) is 27.9 Å². The first kappa shape index (κ1) is 29.0. The first-order chi connectivity index (χ1) is 20.4. The van der Waals surface area contributed by atoms with E-state index in [9.17, 15) is 14.7 Å². The number of hydrogen-bond acceptors (Lipinski definition) is 7. The zero-order chi connectivity index (χ0) is 30.6. The van der Waals surface area contributed by atoms with E-state index in [1.807, 2.05) is 71.1 Å². The summed E-state index contributed by atoms with van der Waals surface area (Å²) in [6, 6.07) is 14.9. The molecular formula is C32H30ClN5O4S. The number of aromatic nitrogens is 3. The molecule has 9 nitrogen and oxygen atoms in total. The van der Waals surface area contributed by atoms with E-state index in [4.69, 9.17) is 21.3 Å². The number of aliphatic imine (C=N–C) groups is 1. The number of halogens is 1. The maximum Gasteiger partial charge on any atom is 0.337 e. The van der Waals surface area contributed by atoms with E-state index in [2.05, 4.69) is 10.1 Å². The smallest absolute Gasteiger partial charge is 0.337 e. The van der Waals surface area contributed by atoms with Crippen molar-refractivity contribution < 1.29 is 19.4 Å². The molecule has 3 heterocycles. The number of hydrogen-bond donors (Lipinski definition) is 1. The minimum atomic E-state index is -1.22. The van der Waals surface area contributed by atoms with Gasteiger partial charge in [0.15, 0.2) is 11.2 Å². The van der Waals surface area contributed by atoms with Crippen molar-refractivity contribution >= 4 is 66.8 Å². The molecule has 0 saturated heterocycles. The minimum Gasteiger partial charge on any atom is -0.479 e. The fourth-order valence-electron chi connectivity index (χ4n) is 5.41. The van der Waals surface area contributed by atoms with Gasteiger partial charge in [-0.1, -0.05) is 41.1 Å². The molecule has 1 aliphatic heterocycles. The lowest BCUT2D eigenvalue weighted by Crippen LogP contribution is -2.42. The van der Waals surface area contributed by atoms with E-state index in [0.29, 0.717) is 45.6 Å². The normalized spacial score (nSPS) is 14.9. The fraction of sp³-hybridized carbons (Fsp3) is 0.281. The van der Waals surface area contributed by atoms with Crippen molar-refractivity contribution in [3.8, 4) is 11.1 Å². The lowest BCUT2D eigenvalue weighted by molar-refractivity contribution is -0.160. The number of carboxylic acid groups (broad SMARTS) is 1. The minimum absolute atomic E-state index is 0.238. The standard InChI is InChI=1S/C32H30ClN5O4S/c1-17-14-22-28(25(18-6-9-21(33)10-7-18)24(17)27(30(40)41)42-32(2,3)4)43-31(36-22)38-13-12-34-26(29(38)39)19-8-11-23-20(15-19)16-35-37(23)5/h6-11,14-16,27H,12-13H2,1-5H3,(H,40,41)/t27-/m0/s1. The second kappa shape index (κ2) is 10.9. The van der Waals surface area contributed by atoms with Gasteiger partial charge >= 0.3 is 5.97 Å². The zero-order valence-corrected chi connectivity index (χ0v) is 26.0. The van der Waals surface area contributed by atoms with E-state index in [-0.39, 0.29) is 5.91 Å². The number of fused-ring (bicyclic) bond motifs is 2. The molecule has 3 aromatic carbocycles. The molecule has 0 bridgehead atoms. The molecule has 0 fully saturated rings. The van der Waals surface area contributed by atoms with Gasteiger partial charge in [0, 0.05) is 40.7 Å².